The van der Waals surface area contributed by atoms with Crippen molar-refractivity contribution in [3.8, 4) is 0 Å². The lowest BCUT2D eigenvalue weighted by Gasteiger charge is -2.23. The molecule has 0 spiro atoms. The summed E-state index contributed by atoms with van der Waals surface area (Å²) in [5.74, 6) is 0.210. The third-order valence-electron chi connectivity index (χ3n) is 13.8. The van der Waals surface area contributed by atoms with Gasteiger partial charge in [0.2, 0.25) is 36.4 Å². The highest BCUT2D eigenvalue weighted by atomic mass is 28.3. The molecule has 0 saturated carbocycles. The summed E-state index contributed by atoms with van der Waals surface area (Å²) in [4.78, 5) is 114. The molecule has 0 bridgehead atoms. The molecule has 0 aromatic carbocycles. The van der Waals surface area contributed by atoms with E-state index in [1.165, 1.54) is 25.9 Å². The third-order valence-corrected chi connectivity index (χ3v) is 17.5. The summed E-state index contributed by atoms with van der Waals surface area (Å²) < 4.78 is 66.8. The van der Waals surface area contributed by atoms with Crippen molar-refractivity contribution in [1.29, 1.82) is 0 Å². The molecule has 0 amide bonds. The topological polar surface area (TPSA) is 582 Å². The van der Waals surface area contributed by atoms with Gasteiger partial charge in [-0.2, -0.15) is 39.9 Å². The standard InChI is InChI=1S/C14H30N6Si3.C13H18N6O4.C10H16O6.C9H12N6O3.C8H12O5.C5H6N6/c1-21(2,3)18-12-11-13(20(10-15-11)23(7,8)9)17-14(16-12)19-22(4,5)6;1-6(2)12(20)22-4-8-21-3-7(23-8)19-5-16-9-10(14)17-13(15)18-11(9)19;1-6(2)10(12)14-4-8-13-5-9(16-8)15-7(3)11;10-7-6-8(14-9(11)13-7)15(3-12-6)4-2-17-5(1-16)18-4;1-5(2)8(10)12-4-7-11-3-6(9)13-7;6-3-2-4(9-1-8-2)11-5(7)10-3/h10H,1-9H3,(H2,16,17,18,19);5-8H,3-4H2,1-2H3,(H4,14,15,17,18);6,8-9H,4-5H2,1-3H3;3-5,16H,1-2H2,(H4,10,11,13,14);5,7H,3-4H2,1-2H3;1H,(H5,6,7,8,9,10,11)/t;7-,8-;8-,9?;4-,5-;7-;/m.1111./s1. The van der Waals surface area contributed by atoms with Crippen LogP contribution < -0.4 is 44.4 Å². The van der Waals surface area contributed by atoms with E-state index in [2.05, 4.69) is 133 Å². The van der Waals surface area contributed by atoms with Crippen molar-refractivity contribution in [1.82, 2.24) is 78.2 Å². The molecule has 8 aromatic heterocycles. The van der Waals surface area contributed by atoms with Gasteiger partial charge in [0.05, 0.1) is 62.9 Å². The van der Waals surface area contributed by atoms with E-state index in [9.17, 15) is 24.0 Å². The van der Waals surface area contributed by atoms with Gasteiger partial charge in [-0.05, 0) is 0 Å². The first-order chi connectivity index (χ1) is 48.7. The SMILES string of the molecule is CC(=O)OC1CO[C@@H](COC(=O)C(C)C)O1.CC(C)C(=O)OC[C@@H]1OCC(=O)O1.CC(C)C(=O)OC[C@@H]1OC[C@H](n2cnc3c(N)nc(N)nc32)O1.C[Si](C)(C)Nc1nc(N[Si](C)(C)C)c2ncn([Si](C)(C)C)c2n1.Nc1nc(N)c2[nH]cnc2n1.Nc1nc(N)c2ncn([C@H]3CO[C@@H](CO)O3)c2n1. The Hall–Kier alpha value is -9.72. The van der Waals surface area contributed by atoms with Crippen LogP contribution in [0.5, 0.6) is 0 Å². The van der Waals surface area contributed by atoms with Crippen LogP contribution in [0.15, 0.2) is 25.3 Å². The maximum Gasteiger partial charge on any atom is 0.334 e. The number of aliphatic hydroxyl groups excluding tert-OH is 1. The molecule has 0 aliphatic carbocycles. The van der Waals surface area contributed by atoms with E-state index in [1.54, 1.807) is 50.7 Å². The van der Waals surface area contributed by atoms with Gasteiger partial charge in [0, 0.05) is 6.92 Å². The van der Waals surface area contributed by atoms with E-state index in [0.29, 0.717) is 45.9 Å². The van der Waals surface area contributed by atoms with Crippen LogP contribution >= 0.6 is 0 Å². The lowest BCUT2D eigenvalue weighted by Crippen LogP contribution is -2.36. The van der Waals surface area contributed by atoms with Crippen LogP contribution in [0, 0.1) is 17.8 Å². The zero-order valence-corrected chi connectivity index (χ0v) is 63.8. The molecule has 8 aromatic rings. The zero-order chi connectivity index (χ0) is 76.7. The predicted molar refractivity (Wildman–Crippen MR) is 383 cm³/mol. The number of nitrogen functional groups attached to an aromatic ring is 6. The van der Waals surface area contributed by atoms with Crippen LogP contribution in [0.4, 0.5) is 47.1 Å². The van der Waals surface area contributed by atoms with Crippen LogP contribution in [0.2, 0.25) is 58.9 Å². The van der Waals surface area contributed by atoms with E-state index < -0.39 is 80.6 Å². The van der Waals surface area contributed by atoms with Crippen LogP contribution in [-0.2, 0) is 80.8 Å². The molecular formula is C59H94N24O18Si3. The Kier molecular flexibility index (Phi) is 28.0. The Balaban J connectivity index is 0.000000178. The Morgan fingerprint density at radius 3 is 1.51 bits per heavy atom. The summed E-state index contributed by atoms with van der Waals surface area (Å²) in [6, 6.07) is 0. The quantitative estimate of drug-likeness (QED) is 0.0335. The molecule has 42 nitrogen and oxygen atoms in total. The largest absolute Gasteiger partial charge is 0.460 e. The average molecular weight is 1510 g/mol. The van der Waals surface area contributed by atoms with Gasteiger partial charge in [-0.25, -0.2) is 24.7 Å². The molecule has 16 N–H and O–H groups in total. The van der Waals surface area contributed by atoms with Crippen LogP contribution in [0.25, 0.3) is 44.7 Å². The van der Waals surface area contributed by atoms with Crippen LogP contribution in [0.3, 0.4) is 0 Å². The molecule has 4 aliphatic heterocycles. The molecule has 7 atom stereocenters. The number of hydrogen-bond donors (Lipinski definition) is 10. The van der Waals surface area contributed by atoms with Crippen molar-refractivity contribution in [2.24, 2.45) is 17.8 Å². The monoisotopic (exact) mass is 1510 g/mol. The van der Waals surface area contributed by atoms with E-state index in [-0.39, 0.29) is 111 Å². The van der Waals surface area contributed by atoms with Gasteiger partial charge in [-0.3, -0.25) is 28.3 Å². The van der Waals surface area contributed by atoms with Crippen LogP contribution in [-0.4, -0.2) is 222 Å². The summed E-state index contributed by atoms with van der Waals surface area (Å²) in [7, 11) is -4.63. The molecule has 570 valence electrons. The highest BCUT2D eigenvalue weighted by Gasteiger charge is 2.34. The predicted octanol–water partition coefficient (Wildman–Crippen LogP) is 2.97. The second-order valence-corrected chi connectivity index (χ2v) is 41.5. The molecular weight excluding hydrogens is 1420 g/mol. The lowest BCUT2D eigenvalue weighted by atomic mass is 10.2. The number of anilines is 8. The Morgan fingerprint density at radius 2 is 1.04 bits per heavy atom. The molecule has 12 heterocycles. The highest BCUT2D eigenvalue weighted by molar-refractivity contribution is 6.80. The molecule has 0 radical (unpaired) electrons. The number of aromatic nitrogens is 16. The second kappa shape index (κ2) is 35.6. The van der Waals surface area contributed by atoms with Crippen molar-refractivity contribution in [3.63, 3.8) is 0 Å². The smallest absolute Gasteiger partial charge is 0.334 e. The number of carbonyl (C=O) groups is 5. The molecule has 4 aliphatic rings. The van der Waals surface area contributed by atoms with Crippen molar-refractivity contribution in [3.05, 3.63) is 25.3 Å². The molecule has 1 unspecified atom stereocenters. The first kappa shape index (κ1) is 81.6. The second-order valence-electron chi connectivity index (χ2n) is 27.2. The number of cyclic esters (lactones) is 1. The normalized spacial score (nSPS) is 19.4. The fourth-order valence-electron chi connectivity index (χ4n) is 8.97. The van der Waals surface area contributed by atoms with Crippen molar-refractivity contribution in [2.45, 2.75) is 151 Å². The summed E-state index contributed by atoms with van der Waals surface area (Å²) >= 11 is 0. The fraction of sp³-hybridized carbons (Fsp3) is 0.576. The van der Waals surface area contributed by atoms with Crippen molar-refractivity contribution < 1.29 is 85.9 Å². The summed E-state index contributed by atoms with van der Waals surface area (Å²) in [6.07, 6.45) is 2.24. The van der Waals surface area contributed by atoms with Gasteiger partial charge < -0.3 is 116 Å². The number of imidazole rings is 4. The first-order valence-corrected chi connectivity index (χ1v) is 43.2. The number of carbonyl (C=O) groups excluding carboxylic acids is 5. The lowest BCUT2D eigenvalue weighted by molar-refractivity contribution is -0.184. The number of esters is 5. The van der Waals surface area contributed by atoms with Crippen LogP contribution in [0.1, 0.15) is 60.9 Å². The fourth-order valence-corrected chi connectivity index (χ4v) is 11.8. The number of aromatic amines is 1. The molecule has 45 heteroatoms. The Morgan fingerprint density at radius 1 is 0.567 bits per heavy atom. The average Bonchev–Trinajstić information content (AvgIpc) is 1.59. The number of nitrogens with one attached hydrogen (secondary N) is 3. The van der Waals surface area contributed by atoms with E-state index in [0.717, 1.165) is 22.9 Å². The Labute approximate surface area is 599 Å². The first-order valence-electron chi connectivity index (χ1n) is 32.7. The van der Waals surface area contributed by atoms with Gasteiger partial charge in [0.15, 0.2) is 92.0 Å². The number of aliphatic hydroxyl groups is 1. The van der Waals surface area contributed by atoms with Gasteiger partial charge in [0.1, 0.15) is 65.0 Å². The van der Waals surface area contributed by atoms with E-state index in [4.69, 9.17) is 102 Å². The van der Waals surface area contributed by atoms with Gasteiger partial charge >= 0.3 is 29.8 Å². The zero-order valence-electron chi connectivity index (χ0n) is 60.8. The summed E-state index contributed by atoms with van der Waals surface area (Å²) in [5.41, 5.74) is 38.3. The summed E-state index contributed by atoms with van der Waals surface area (Å²) in [6.45, 7) is 32.6. The van der Waals surface area contributed by atoms with E-state index in [1.807, 2.05) is 6.33 Å². The Bertz CT molecular complexity index is 4240. The maximum atomic E-state index is 11.5. The number of fused-ring (bicyclic) bond motifs is 4. The molecule has 104 heavy (non-hydrogen) atoms. The van der Waals surface area contributed by atoms with Crippen molar-refractivity contribution >= 4 is 146 Å². The molecule has 12 rings (SSSR count). The minimum atomic E-state index is -1.58. The number of nitrogens with two attached hydrogens (primary N) is 6. The molecule has 4 saturated heterocycles. The minimum Gasteiger partial charge on any atom is -0.460 e. The van der Waals surface area contributed by atoms with Gasteiger partial charge in [-0.1, -0.05) is 100 Å². The molecule has 4 fully saturated rings. The maximum absolute atomic E-state index is 11.5. The third kappa shape index (κ3) is 23.7. The van der Waals surface area contributed by atoms with E-state index >= 15 is 0 Å². The number of rotatable bonds is 18. The number of hydrogen-bond acceptors (Lipinski definition) is 38. The highest BCUT2D eigenvalue weighted by Crippen LogP contribution is 2.30. The minimum absolute atomic E-state index is 0.00871. The van der Waals surface area contributed by atoms with Gasteiger partial charge in [0.25, 0.3) is 0 Å². The summed E-state index contributed by atoms with van der Waals surface area (Å²) in [5, 5.41) is 8.94. The van der Waals surface area contributed by atoms with Crippen molar-refractivity contribution in [2.75, 3.05) is 97.2 Å². The number of H-pyrrole nitrogens is 1. The number of nitrogens with zero attached hydrogens (tertiary/aromatic N) is 15. The van der Waals surface area contributed by atoms with Gasteiger partial charge in [-0.15, -0.1) is 0 Å². The number of ether oxygens (including phenoxy) is 12.